The van der Waals surface area contributed by atoms with Gasteiger partial charge in [0.15, 0.2) is 5.96 Å². The molecule has 122 valence electrons. The van der Waals surface area contributed by atoms with Gasteiger partial charge < -0.3 is 15.1 Å². The minimum atomic E-state index is 0.161. The van der Waals surface area contributed by atoms with Crippen molar-refractivity contribution in [2.45, 2.75) is 20.3 Å². The predicted molar refractivity (Wildman–Crippen MR) is 101 cm³/mol. The van der Waals surface area contributed by atoms with Gasteiger partial charge in [-0.25, -0.2) is 0 Å². The fourth-order valence-corrected chi connectivity index (χ4v) is 4.16. The Hall–Kier alpha value is -0.830. The Balaban J connectivity index is 1.88. The fourth-order valence-electron chi connectivity index (χ4n) is 2.42. The molecule has 1 aromatic heterocycles. The zero-order valence-corrected chi connectivity index (χ0v) is 16.1. The molecular weight excluding hydrogens is 411 g/mol. The lowest BCUT2D eigenvalue weighted by atomic mass is 10.3. The van der Waals surface area contributed by atoms with E-state index in [1.807, 2.05) is 16.2 Å². The monoisotopic (exact) mass is 434 g/mol. The summed E-state index contributed by atoms with van der Waals surface area (Å²) in [6.07, 6.45) is 0.982. The van der Waals surface area contributed by atoms with Crippen molar-refractivity contribution < 1.29 is 4.79 Å². The highest BCUT2D eigenvalue weighted by molar-refractivity contribution is 14.1. The van der Waals surface area contributed by atoms with Gasteiger partial charge in [0.1, 0.15) is 0 Å². The zero-order valence-electron chi connectivity index (χ0n) is 13.1. The predicted octanol–water partition coefficient (Wildman–Crippen LogP) is 2.02. The summed E-state index contributed by atoms with van der Waals surface area (Å²) in [4.78, 5) is 21.7. The average molecular weight is 434 g/mol. The summed E-state index contributed by atoms with van der Waals surface area (Å²) in [5, 5.41) is 3.36. The van der Waals surface area contributed by atoms with Gasteiger partial charge >= 0.3 is 0 Å². The summed E-state index contributed by atoms with van der Waals surface area (Å²) in [6, 6.07) is 4.33. The normalized spacial score (nSPS) is 16.0. The maximum absolute atomic E-state index is 11.4. The van der Waals surface area contributed by atoms with E-state index < -0.39 is 0 Å². The largest absolute Gasteiger partial charge is 0.357 e. The molecule has 1 aliphatic rings. The number of nitrogens with one attached hydrogen (secondary N) is 1. The van der Waals surface area contributed by atoms with Crippen LogP contribution in [0.15, 0.2) is 17.1 Å². The van der Waals surface area contributed by atoms with Crippen LogP contribution >= 0.6 is 33.9 Å². The van der Waals surface area contributed by atoms with Crippen LogP contribution in [-0.2, 0) is 11.2 Å². The van der Waals surface area contributed by atoms with Crippen molar-refractivity contribution in [2.24, 2.45) is 4.99 Å². The van der Waals surface area contributed by atoms with Crippen LogP contribution in [-0.4, -0.2) is 60.9 Å². The third-order valence-corrected chi connectivity index (χ3v) is 5.56. The molecule has 0 aromatic carbocycles. The summed E-state index contributed by atoms with van der Waals surface area (Å²) in [5.74, 6) is 1.13. The molecule has 0 radical (unpaired) electrons. The summed E-state index contributed by atoms with van der Waals surface area (Å²) < 4.78 is 1.32. The SMILES string of the molecule is CCNC(=NCCc1ccc(I)s1)N1CCN(C(C)=O)CC1. The molecule has 1 fully saturated rings. The highest BCUT2D eigenvalue weighted by atomic mass is 127. The summed E-state index contributed by atoms with van der Waals surface area (Å²) in [6.45, 7) is 8.64. The van der Waals surface area contributed by atoms with Crippen molar-refractivity contribution in [3.8, 4) is 0 Å². The topological polar surface area (TPSA) is 47.9 Å². The number of rotatable bonds is 4. The van der Waals surface area contributed by atoms with E-state index in [-0.39, 0.29) is 5.91 Å². The number of aliphatic imine (C=N–C) groups is 1. The molecule has 22 heavy (non-hydrogen) atoms. The first-order valence-electron chi connectivity index (χ1n) is 7.63. The van der Waals surface area contributed by atoms with E-state index in [9.17, 15) is 4.79 Å². The Morgan fingerprint density at radius 3 is 2.55 bits per heavy atom. The molecule has 1 amide bonds. The van der Waals surface area contributed by atoms with Gasteiger partial charge in [-0.3, -0.25) is 9.79 Å². The van der Waals surface area contributed by atoms with E-state index >= 15 is 0 Å². The minimum Gasteiger partial charge on any atom is -0.357 e. The van der Waals surface area contributed by atoms with Gasteiger partial charge in [0.2, 0.25) is 5.91 Å². The van der Waals surface area contributed by atoms with Crippen molar-refractivity contribution in [1.82, 2.24) is 15.1 Å². The van der Waals surface area contributed by atoms with E-state index in [0.717, 1.165) is 51.6 Å². The Labute approximate surface area is 149 Å². The Kier molecular flexibility index (Phi) is 6.94. The third kappa shape index (κ3) is 5.12. The molecule has 2 heterocycles. The number of halogens is 1. The number of carbonyl (C=O) groups excluding carboxylic acids is 1. The van der Waals surface area contributed by atoms with Crippen molar-refractivity contribution in [3.63, 3.8) is 0 Å². The lowest BCUT2D eigenvalue weighted by molar-refractivity contribution is -0.130. The van der Waals surface area contributed by atoms with Gasteiger partial charge in [0, 0.05) is 57.5 Å². The number of nitrogens with zero attached hydrogens (tertiary/aromatic N) is 3. The lowest BCUT2D eigenvalue weighted by Crippen LogP contribution is -2.53. The van der Waals surface area contributed by atoms with Crippen LogP contribution in [0.5, 0.6) is 0 Å². The molecule has 1 N–H and O–H groups in total. The Morgan fingerprint density at radius 2 is 2.00 bits per heavy atom. The molecule has 7 heteroatoms. The van der Waals surface area contributed by atoms with Crippen LogP contribution in [0.1, 0.15) is 18.7 Å². The summed E-state index contributed by atoms with van der Waals surface area (Å²) in [5.41, 5.74) is 0. The molecule has 0 atom stereocenters. The van der Waals surface area contributed by atoms with Gasteiger partial charge in [-0.2, -0.15) is 0 Å². The van der Waals surface area contributed by atoms with Crippen LogP contribution in [0.25, 0.3) is 0 Å². The van der Waals surface area contributed by atoms with Crippen molar-refractivity contribution in [1.29, 1.82) is 0 Å². The maximum atomic E-state index is 11.4. The number of amides is 1. The van der Waals surface area contributed by atoms with E-state index in [2.05, 4.69) is 51.9 Å². The zero-order chi connectivity index (χ0) is 15.9. The Morgan fingerprint density at radius 1 is 1.32 bits per heavy atom. The average Bonchev–Trinajstić information content (AvgIpc) is 2.92. The van der Waals surface area contributed by atoms with Gasteiger partial charge in [0.25, 0.3) is 0 Å². The van der Waals surface area contributed by atoms with Crippen LogP contribution in [0.3, 0.4) is 0 Å². The van der Waals surface area contributed by atoms with Crippen LogP contribution in [0.2, 0.25) is 0 Å². The number of hydrogen-bond donors (Lipinski definition) is 1. The molecule has 0 aliphatic carbocycles. The van der Waals surface area contributed by atoms with Gasteiger partial charge in [-0.1, -0.05) is 0 Å². The number of guanidine groups is 1. The molecule has 1 saturated heterocycles. The van der Waals surface area contributed by atoms with Crippen LogP contribution < -0.4 is 5.32 Å². The summed E-state index contributed by atoms with van der Waals surface area (Å²) >= 11 is 4.18. The lowest BCUT2D eigenvalue weighted by Gasteiger charge is -2.36. The van der Waals surface area contributed by atoms with Crippen molar-refractivity contribution >= 4 is 45.8 Å². The first-order valence-corrected chi connectivity index (χ1v) is 9.52. The van der Waals surface area contributed by atoms with Gasteiger partial charge in [-0.15, -0.1) is 11.3 Å². The van der Waals surface area contributed by atoms with Crippen molar-refractivity contribution in [2.75, 3.05) is 39.3 Å². The van der Waals surface area contributed by atoms with Gasteiger partial charge in [-0.05, 0) is 41.6 Å². The molecular formula is C15H23IN4OS. The van der Waals surface area contributed by atoms with Crippen LogP contribution in [0, 0.1) is 2.88 Å². The van der Waals surface area contributed by atoms with E-state index in [1.54, 1.807) is 6.92 Å². The number of hydrogen-bond acceptors (Lipinski definition) is 3. The van der Waals surface area contributed by atoms with E-state index in [4.69, 9.17) is 4.99 Å². The highest BCUT2D eigenvalue weighted by Crippen LogP contribution is 2.18. The van der Waals surface area contributed by atoms with Gasteiger partial charge in [0.05, 0.1) is 2.88 Å². The third-order valence-electron chi connectivity index (χ3n) is 3.61. The Bertz CT molecular complexity index is 523. The first-order chi connectivity index (χ1) is 10.6. The molecule has 5 nitrogen and oxygen atoms in total. The maximum Gasteiger partial charge on any atom is 0.219 e. The minimum absolute atomic E-state index is 0.161. The van der Waals surface area contributed by atoms with Crippen LogP contribution in [0.4, 0.5) is 0 Å². The smallest absolute Gasteiger partial charge is 0.219 e. The molecule has 0 spiro atoms. The fraction of sp³-hybridized carbons (Fsp3) is 0.600. The molecule has 0 saturated carbocycles. The second kappa shape index (κ2) is 8.71. The molecule has 1 aromatic rings. The standard InChI is InChI=1S/C15H23IN4OS/c1-3-17-15(18-7-6-13-4-5-14(16)22-13)20-10-8-19(9-11-20)12(2)21/h4-5H,3,6-11H2,1-2H3,(H,17,18). The second-order valence-electron chi connectivity index (χ2n) is 5.18. The first kappa shape index (κ1) is 17.5. The highest BCUT2D eigenvalue weighted by Gasteiger charge is 2.20. The molecule has 0 unspecified atom stereocenters. The number of piperazine rings is 1. The van der Waals surface area contributed by atoms with E-state index in [0.29, 0.717) is 0 Å². The number of carbonyl (C=O) groups is 1. The second-order valence-corrected chi connectivity index (χ2v) is 8.25. The molecule has 2 rings (SSSR count). The van der Waals surface area contributed by atoms with Crippen molar-refractivity contribution in [3.05, 3.63) is 19.9 Å². The van der Waals surface area contributed by atoms with E-state index in [1.165, 1.54) is 7.76 Å². The molecule has 1 aliphatic heterocycles. The molecule has 0 bridgehead atoms. The summed E-state index contributed by atoms with van der Waals surface area (Å²) in [7, 11) is 0. The quantitative estimate of drug-likeness (QED) is 0.448. The number of thiophene rings is 1.